The quantitative estimate of drug-likeness (QED) is 0.664. The summed E-state index contributed by atoms with van der Waals surface area (Å²) in [6, 6.07) is 13.8. The second-order valence-electron chi connectivity index (χ2n) is 7.18. The summed E-state index contributed by atoms with van der Waals surface area (Å²) in [7, 11) is 1.69. The highest BCUT2D eigenvalue weighted by Gasteiger charge is 2.11. The van der Waals surface area contributed by atoms with Crippen molar-refractivity contribution in [1.29, 1.82) is 0 Å². The van der Waals surface area contributed by atoms with Crippen molar-refractivity contribution in [2.75, 3.05) is 12.4 Å². The van der Waals surface area contributed by atoms with Crippen LogP contribution in [-0.2, 0) is 13.1 Å². The normalized spacial score (nSPS) is 10.9. The Hall–Kier alpha value is -3.15. The van der Waals surface area contributed by atoms with Gasteiger partial charge >= 0.3 is 6.03 Å². The summed E-state index contributed by atoms with van der Waals surface area (Å²) >= 11 is 0. The first kappa shape index (κ1) is 19.6. The van der Waals surface area contributed by atoms with Crippen molar-refractivity contribution in [3.8, 4) is 0 Å². The van der Waals surface area contributed by atoms with Crippen LogP contribution in [0.15, 0.2) is 60.9 Å². The fourth-order valence-electron chi connectivity index (χ4n) is 3.10. The number of halogens is 1. The van der Waals surface area contributed by atoms with Crippen molar-refractivity contribution >= 4 is 11.7 Å². The number of hydrogen-bond donors (Lipinski definition) is 1. The Bertz CT molecular complexity index is 951. The highest BCUT2D eigenvalue weighted by molar-refractivity contribution is 5.89. The summed E-state index contributed by atoms with van der Waals surface area (Å²) in [5.74, 6) is 1.07. The fourth-order valence-corrected chi connectivity index (χ4v) is 3.10. The second-order valence-corrected chi connectivity index (χ2v) is 7.18. The molecule has 1 heterocycles. The smallest absolute Gasteiger partial charge is 0.321 e. The third kappa shape index (κ3) is 4.97. The number of hydrogen-bond acceptors (Lipinski definition) is 2. The maximum Gasteiger partial charge on any atom is 0.321 e. The molecule has 2 aromatic carbocycles. The average Bonchev–Trinajstić information content (AvgIpc) is 3.10. The molecule has 0 fully saturated rings. The van der Waals surface area contributed by atoms with Gasteiger partial charge < -0.3 is 14.8 Å². The Balaban J connectivity index is 1.65. The summed E-state index contributed by atoms with van der Waals surface area (Å²) in [4.78, 5) is 18.4. The first-order valence-electron chi connectivity index (χ1n) is 9.29. The van der Waals surface area contributed by atoms with Gasteiger partial charge in [0.2, 0.25) is 0 Å². The molecule has 0 saturated heterocycles. The Labute approximate surface area is 164 Å². The second kappa shape index (κ2) is 8.69. The molecule has 28 heavy (non-hydrogen) atoms. The van der Waals surface area contributed by atoms with E-state index in [1.165, 1.54) is 17.0 Å². The summed E-state index contributed by atoms with van der Waals surface area (Å²) in [5, 5.41) is 2.90. The lowest BCUT2D eigenvalue weighted by Crippen LogP contribution is -2.30. The van der Waals surface area contributed by atoms with Crippen LogP contribution in [0.25, 0.3) is 0 Å². The van der Waals surface area contributed by atoms with Gasteiger partial charge in [0.15, 0.2) is 0 Å². The summed E-state index contributed by atoms with van der Waals surface area (Å²) in [5.41, 5.74) is 2.54. The van der Waals surface area contributed by atoms with Crippen molar-refractivity contribution in [1.82, 2.24) is 14.5 Å². The van der Waals surface area contributed by atoms with E-state index in [2.05, 4.69) is 28.7 Å². The van der Waals surface area contributed by atoms with Crippen molar-refractivity contribution in [3.05, 3.63) is 83.7 Å². The van der Waals surface area contributed by atoms with Gasteiger partial charge in [-0.2, -0.15) is 0 Å². The number of aromatic nitrogens is 2. The Morgan fingerprint density at radius 3 is 2.68 bits per heavy atom. The van der Waals surface area contributed by atoms with Crippen LogP contribution < -0.4 is 5.32 Å². The van der Waals surface area contributed by atoms with Crippen LogP contribution in [0.2, 0.25) is 0 Å². The zero-order valence-electron chi connectivity index (χ0n) is 16.4. The Kier molecular flexibility index (Phi) is 6.09. The number of amides is 2. The number of imidazole rings is 1. The van der Waals surface area contributed by atoms with Crippen LogP contribution in [0.4, 0.5) is 14.9 Å². The average molecular weight is 380 g/mol. The zero-order valence-corrected chi connectivity index (χ0v) is 16.4. The molecule has 5 nitrogen and oxygen atoms in total. The molecule has 6 heteroatoms. The van der Waals surface area contributed by atoms with Gasteiger partial charge in [-0.15, -0.1) is 0 Å². The molecule has 0 aliphatic rings. The molecule has 0 saturated carbocycles. The molecule has 0 atom stereocenters. The molecule has 3 rings (SSSR count). The fraction of sp³-hybridized carbons (Fsp3) is 0.273. The predicted octanol–water partition coefficient (Wildman–Crippen LogP) is 4.86. The lowest BCUT2D eigenvalue weighted by atomic mass is 10.1. The highest BCUT2D eigenvalue weighted by atomic mass is 19.1. The van der Waals surface area contributed by atoms with E-state index in [0.29, 0.717) is 19.0 Å². The van der Waals surface area contributed by atoms with Gasteiger partial charge in [0.25, 0.3) is 0 Å². The number of anilines is 1. The summed E-state index contributed by atoms with van der Waals surface area (Å²) in [6.07, 6.45) is 3.77. The molecule has 2 amide bonds. The molecular weight excluding hydrogens is 355 g/mol. The van der Waals surface area contributed by atoms with Gasteiger partial charge in [-0.05, 0) is 35.4 Å². The van der Waals surface area contributed by atoms with Crippen LogP contribution in [0.5, 0.6) is 0 Å². The lowest BCUT2D eigenvalue weighted by molar-refractivity contribution is 0.220. The molecule has 146 valence electrons. The number of rotatable bonds is 6. The molecule has 0 aliphatic carbocycles. The number of carbonyl (C=O) groups excluding carboxylic acids is 1. The van der Waals surface area contributed by atoms with E-state index in [1.54, 1.807) is 19.2 Å². The van der Waals surface area contributed by atoms with Crippen LogP contribution >= 0.6 is 0 Å². The molecule has 1 N–H and O–H groups in total. The van der Waals surface area contributed by atoms with Gasteiger partial charge in [0.1, 0.15) is 11.6 Å². The number of benzene rings is 2. The first-order chi connectivity index (χ1) is 13.4. The van der Waals surface area contributed by atoms with Gasteiger partial charge in [-0.25, -0.2) is 14.2 Å². The topological polar surface area (TPSA) is 50.2 Å². The Morgan fingerprint density at radius 2 is 1.93 bits per heavy atom. The monoisotopic (exact) mass is 380 g/mol. The largest absolute Gasteiger partial charge is 0.330 e. The van der Waals surface area contributed by atoms with Gasteiger partial charge in [-0.3, -0.25) is 0 Å². The predicted molar refractivity (Wildman–Crippen MR) is 109 cm³/mol. The number of carbonyl (C=O) groups is 1. The van der Waals surface area contributed by atoms with Crippen LogP contribution in [0.1, 0.15) is 36.7 Å². The van der Waals surface area contributed by atoms with E-state index in [1.807, 2.05) is 36.7 Å². The third-order valence-electron chi connectivity index (χ3n) is 4.45. The van der Waals surface area contributed by atoms with E-state index in [9.17, 15) is 9.18 Å². The standard InChI is InChI=1S/C22H25FN4O/c1-16(2)21-24-10-11-27(21)15-18-7-5-9-20(13-18)25-22(28)26(3)14-17-6-4-8-19(23)12-17/h4-13,16H,14-15H2,1-3H3,(H,25,28). The molecule has 0 aliphatic heterocycles. The number of nitrogens with zero attached hydrogens (tertiary/aromatic N) is 3. The van der Waals surface area contributed by atoms with E-state index < -0.39 is 0 Å². The van der Waals surface area contributed by atoms with Crippen LogP contribution in [-0.4, -0.2) is 27.5 Å². The molecule has 0 spiro atoms. The van der Waals surface area contributed by atoms with Crippen LogP contribution in [0.3, 0.4) is 0 Å². The molecule has 0 bridgehead atoms. The first-order valence-corrected chi connectivity index (χ1v) is 9.29. The summed E-state index contributed by atoms with van der Waals surface area (Å²) < 4.78 is 15.4. The minimum absolute atomic E-state index is 0.244. The minimum atomic E-state index is -0.306. The van der Waals surface area contributed by atoms with E-state index in [4.69, 9.17) is 0 Å². The van der Waals surface area contributed by atoms with E-state index in [-0.39, 0.29) is 11.8 Å². The van der Waals surface area contributed by atoms with Crippen molar-refractivity contribution in [3.63, 3.8) is 0 Å². The van der Waals surface area contributed by atoms with Crippen molar-refractivity contribution < 1.29 is 9.18 Å². The van der Waals surface area contributed by atoms with Gasteiger partial charge in [0.05, 0.1) is 0 Å². The van der Waals surface area contributed by atoms with E-state index in [0.717, 1.165) is 22.6 Å². The van der Waals surface area contributed by atoms with Crippen molar-refractivity contribution in [2.24, 2.45) is 0 Å². The van der Waals surface area contributed by atoms with E-state index >= 15 is 0 Å². The molecular formula is C22H25FN4O. The number of nitrogens with one attached hydrogen (secondary N) is 1. The molecule has 1 aromatic heterocycles. The molecule has 3 aromatic rings. The molecule has 0 unspecified atom stereocenters. The maximum absolute atomic E-state index is 13.3. The van der Waals surface area contributed by atoms with Gasteiger partial charge in [0, 0.05) is 44.1 Å². The minimum Gasteiger partial charge on any atom is -0.330 e. The van der Waals surface area contributed by atoms with Crippen LogP contribution in [0, 0.1) is 5.82 Å². The van der Waals surface area contributed by atoms with Crippen molar-refractivity contribution in [2.45, 2.75) is 32.9 Å². The SMILES string of the molecule is CC(C)c1nccn1Cc1cccc(NC(=O)N(C)Cc2cccc(F)c2)c1. The Morgan fingerprint density at radius 1 is 1.18 bits per heavy atom. The summed E-state index contributed by atoms with van der Waals surface area (Å²) in [6.45, 7) is 5.25. The highest BCUT2D eigenvalue weighted by Crippen LogP contribution is 2.17. The molecule has 0 radical (unpaired) electrons. The maximum atomic E-state index is 13.3. The lowest BCUT2D eigenvalue weighted by Gasteiger charge is -2.18. The third-order valence-corrected chi connectivity index (χ3v) is 4.45. The zero-order chi connectivity index (χ0) is 20.1. The number of urea groups is 1. The van der Waals surface area contributed by atoms with Gasteiger partial charge in [-0.1, -0.05) is 38.1 Å².